The highest BCUT2D eigenvalue weighted by Crippen LogP contribution is 2.10. The van der Waals surface area contributed by atoms with E-state index in [0.29, 0.717) is 5.15 Å². The van der Waals surface area contributed by atoms with Crippen LogP contribution in [0.3, 0.4) is 0 Å². The number of rotatable bonds is 8. The Balaban J connectivity index is 2.05. The van der Waals surface area contributed by atoms with Crippen molar-refractivity contribution in [1.82, 2.24) is 10.3 Å². The van der Waals surface area contributed by atoms with Gasteiger partial charge in [-0.05, 0) is 12.5 Å². The number of nitrogens with one attached hydrogen (secondary N) is 1. The first-order valence-electron chi connectivity index (χ1n) is 5.72. The van der Waals surface area contributed by atoms with Gasteiger partial charge in [0, 0.05) is 31.5 Å². The van der Waals surface area contributed by atoms with E-state index in [4.69, 9.17) is 16.3 Å². The van der Waals surface area contributed by atoms with Crippen LogP contribution in [0.1, 0.15) is 25.3 Å². The summed E-state index contributed by atoms with van der Waals surface area (Å²) in [5.74, 6) is 0. The summed E-state index contributed by atoms with van der Waals surface area (Å²) in [7, 11) is 0. The van der Waals surface area contributed by atoms with Crippen molar-refractivity contribution in [2.24, 2.45) is 0 Å². The number of aromatic nitrogens is 1. The molecule has 0 unspecified atom stereocenters. The summed E-state index contributed by atoms with van der Waals surface area (Å²) in [6.45, 7) is 5.34. The molecule has 0 aliphatic carbocycles. The molecule has 0 aromatic carbocycles. The number of halogens is 1. The minimum Gasteiger partial charge on any atom is -0.380 e. The third kappa shape index (κ3) is 5.45. The summed E-state index contributed by atoms with van der Waals surface area (Å²) in [4.78, 5) is 4.01. The van der Waals surface area contributed by atoms with Crippen LogP contribution in [0.4, 0.5) is 0 Å². The number of pyridine rings is 1. The lowest BCUT2D eigenvalue weighted by molar-refractivity contribution is 0.133. The van der Waals surface area contributed by atoms with Crippen LogP contribution in [0.2, 0.25) is 5.15 Å². The van der Waals surface area contributed by atoms with Crippen LogP contribution in [0.25, 0.3) is 0 Å². The van der Waals surface area contributed by atoms with Crippen LogP contribution in [0.5, 0.6) is 0 Å². The summed E-state index contributed by atoms with van der Waals surface area (Å²) in [5, 5.41) is 3.84. The van der Waals surface area contributed by atoms with Gasteiger partial charge in [0.05, 0.1) is 6.61 Å². The molecule has 1 aromatic rings. The third-order valence-electron chi connectivity index (χ3n) is 2.22. The van der Waals surface area contributed by atoms with Crippen LogP contribution in [0, 0.1) is 0 Å². The quantitative estimate of drug-likeness (QED) is 0.562. The van der Waals surface area contributed by atoms with Gasteiger partial charge >= 0.3 is 0 Å². The molecule has 0 atom stereocenters. The van der Waals surface area contributed by atoms with Crippen molar-refractivity contribution in [1.29, 1.82) is 0 Å². The molecule has 3 nitrogen and oxygen atoms in total. The largest absolute Gasteiger partial charge is 0.380 e. The fourth-order valence-electron chi connectivity index (χ4n) is 1.27. The van der Waals surface area contributed by atoms with Crippen molar-refractivity contribution >= 4 is 11.6 Å². The van der Waals surface area contributed by atoms with Crippen molar-refractivity contribution in [2.45, 2.75) is 26.3 Å². The van der Waals surface area contributed by atoms with Gasteiger partial charge in [0.15, 0.2) is 0 Å². The molecule has 0 aliphatic rings. The molecule has 0 spiro atoms. The predicted octanol–water partition coefficient (Wildman–Crippen LogP) is 2.64. The first-order valence-corrected chi connectivity index (χ1v) is 6.10. The maximum absolute atomic E-state index is 5.92. The van der Waals surface area contributed by atoms with Crippen molar-refractivity contribution in [3.05, 3.63) is 29.0 Å². The Kier molecular flexibility index (Phi) is 7.14. The lowest BCUT2D eigenvalue weighted by Crippen LogP contribution is -2.19. The molecule has 0 radical (unpaired) electrons. The number of hydrogen-bond acceptors (Lipinski definition) is 3. The Morgan fingerprint density at radius 3 is 3.06 bits per heavy atom. The van der Waals surface area contributed by atoms with E-state index >= 15 is 0 Å². The Morgan fingerprint density at radius 2 is 2.31 bits per heavy atom. The molecule has 0 saturated carbocycles. The smallest absolute Gasteiger partial charge is 0.133 e. The SMILES string of the molecule is CCCCOCCNCc1cccnc1Cl. The van der Waals surface area contributed by atoms with E-state index < -0.39 is 0 Å². The second-order valence-corrected chi connectivity index (χ2v) is 3.95. The summed E-state index contributed by atoms with van der Waals surface area (Å²) >= 11 is 5.92. The summed E-state index contributed by atoms with van der Waals surface area (Å²) in [6.07, 6.45) is 4.01. The lowest BCUT2D eigenvalue weighted by Gasteiger charge is -2.06. The molecular formula is C12H19ClN2O. The summed E-state index contributed by atoms with van der Waals surface area (Å²) < 4.78 is 5.43. The Hall–Kier alpha value is -0.640. The molecule has 1 N–H and O–H groups in total. The molecule has 1 heterocycles. The van der Waals surface area contributed by atoms with Gasteiger partial charge in [-0.3, -0.25) is 0 Å². The second kappa shape index (κ2) is 8.50. The van der Waals surface area contributed by atoms with Gasteiger partial charge < -0.3 is 10.1 Å². The molecular weight excluding hydrogens is 224 g/mol. The van der Waals surface area contributed by atoms with E-state index in [1.165, 1.54) is 6.42 Å². The van der Waals surface area contributed by atoms with Gasteiger partial charge in [0.1, 0.15) is 5.15 Å². The third-order valence-corrected chi connectivity index (χ3v) is 2.56. The molecule has 0 bridgehead atoms. The highest BCUT2D eigenvalue weighted by molar-refractivity contribution is 6.30. The molecule has 0 fully saturated rings. The van der Waals surface area contributed by atoms with Gasteiger partial charge in [-0.15, -0.1) is 0 Å². The Bertz CT molecular complexity index is 294. The average Bonchev–Trinajstić information content (AvgIpc) is 2.30. The first kappa shape index (κ1) is 13.4. The van der Waals surface area contributed by atoms with Crippen molar-refractivity contribution in [3.8, 4) is 0 Å². The zero-order chi connectivity index (χ0) is 11.6. The number of ether oxygens (including phenoxy) is 1. The zero-order valence-corrected chi connectivity index (χ0v) is 10.5. The highest BCUT2D eigenvalue weighted by Gasteiger charge is 1.98. The van der Waals surface area contributed by atoms with E-state index in [9.17, 15) is 0 Å². The average molecular weight is 243 g/mol. The van der Waals surface area contributed by atoms with E-state index in [1.807, 2.05) is 12.1 Å². The standard InChI is InChI=1S/C12H19ClN2O/c1-2-3-8-16-9-7-14-10-11-5-4-6-15-12(11)13/h4-6,14H,2-3,7-10H2,1H3. The first-order chi connectivity index (χ1) is 7.84. The normalized spacial score (nSPS) is 10.6. The molecule has 1 rings (SSSR count). The molecule has 4 heteroatoms. The number of hydrogen-bond donors (Lipinski definition) is 1. The Morgan fingerprint density at radius 1 is 1.44 bits per heavy atom. The molecule has 0 amide bonds. The fraction of sp³-hybridized carbons (Fsp3) is 0.583. The van der Waals surface area contributed by atoms with Crippen LogP contribution >= 0.6 is 11.6 Å². The summed E-state index contributed by atoms with van der Waals surface area (Å²) in [5.41, 5.74) is 1.03. The van der Waals surface area contributed by atoms with E-state index in [0.717, 1.165) is 38.3 Å². The van der Waals surface area contributed by atoms with Gasteiger partial charge in [0.2, 0.25) is 0 Å². The van der Waals surface area contributed by atoms with Crippen molar-refractivity contribution in [3.63, 3.8) is 0 Å². The maximum Gasteiger partial charge on any atom is 0.133 e. The van der Waals surface area contributed by atoms with Crippen LogP contribution < -0.4 is 5.32 Å². The monoisotopic (exact) mass is 242 g/mol. The zero-order valence-electron chi connectivity index (χ0n) is 9.71. The van der Waals surface area contributed by atoms with E-state index in [1.54, 1.807) is 6.20 Å². The van der Waals surface area contributed by atoms with E-state index in [-0.39, 0.29) is 0 Å². The molecule has 1 aromatic heterocycles. The van der Waals surface area contributed by atoms with E-state index in [2.05, 4.69) is 17.2 Å². The lowest BCUT2D eigenvalue weighted by atomic mass is 10.3. The molecule has 0 saturated heterocycles. The van der Waals surface area contributed by atoms with Crippen molar-refractivity contribution < 1.29 is 4.74 Å². The number of unbranched alkanes of at least 4 members (excludes halogenated alkanes) is 1. The maximum atomic E-state index is 5.92. The Labute approximate surface area is 102 Å². The van der Waals surface area contributed by atoms with Gasteiger partial charge in [-0.25, -0.2) is 4.98 Å². The second-order valence-electron chi connectivity index (χ2n) is 3.60. The fourth-order valence-corrected chi connectivity index (χ4v) is 1.45. The summed E-state index contributed by atoms with van der Waals surface area (Å²) in [6, 6.07) is 3.86. The topological polar surface area (TPSA) is 34.1 Å². The molecule has 90 valence electrons. The predicted molar refractivity (Wildman–Crippen MR) is 66.7 cm³/mol. The molecule has 0 aliphatic heterocycles. The van der Waals surface area contributed by atoms with Gasteiger partial charge in [-0.1, -0.05) is 31.0 Å². The number of nitrogens with zero attached hydrogens (tertiary/aromatic N) is 1. The van der Waals surface area contributed by atoms with Crippen LogP contribution in [0.15, 0.2) is 18.3 Å². The minimum absolute atomic E-state index is 0.571. The molecule has 16 heavy (non-hydrogen) atoms. The van der Waals surface area contributed by atoms with Gasteiger partial charge in [0.25, 0.3) is 0 Å². The van der Waals surface area contributed by atoms with Crippen molar-refractivity contribution in [2.75, 3.05) is 19.8 Å². The van der Waals surface area contributed by atoms with Crippen LogP contribution in [-0.2, 0) is 11.3 Å². The minimum atomic E-state index is 0.571. The highest BCUT2D eigenvalue weighted by atomic mass is 35.5. The van der Waals surface area contributed by atoms with Gasteiger partial charge in [-0.2, -0.15) is 0 Å². The van der Waals surface area contributed by atoms with Crippen LogP contribution in [-0.4, -0.2) is 24.7 Å².